The maximum atomic E-state index is 13.2. The SMILES string of the molecule is COc1ccc(C2C3=C(CC(C)(C)CC3=O)Oc3ncn(CCCO)c(=N)c32)cc1. The highest BCUT2D eigenvalue weighted by molar-refractivity contribution is 6.00. The number of hydrogen-bond acceptors (Lipinski definition) is 6. The van der Waals surface area contributed by atoms with Gasteiger partial charge in [0.2, 0.25) is 5.88 Å². The van der Waals surface area contributed by atoms with E-state index < -0.39 is 5.92 Å². The summed E-state index contributed by atoms with van der Waals surface area (Å²) >= 11 is 0. The Morgan fingerprint density at radius 3 is 2.70 bits per heavy atom. The van der Waals surface area contributed by atoms with Crippen molar-refractivity contribution in [2.24, 2.45) is 5.41 Å². The highest BCUT2D eigenvalue weighted by Crippen LogP contribution is 2.48. The molecule has 0 amide bonds. The molecule has 7 nitrogen and oxygen atoms in total. The molecule has 1 aromatic heterocycles. The van der Waals surface area contributed by atoms with Crippen LogP contribution in [0.3, 0.4) is 0 Å². The third-order valence-corrected chi connectivity index (χ3v) is 5.77. The number of ketones is 1. The summed E-state index contributed by atoms with van der Waals surface area (Å²) in [4.78, 5) is 17.7. The first-order valence-electron chi connectivity index (χ1n) is 10.2. The highest BCUT2D eigenvalue weighted by atomic mass is 16.5. The van der Waals surface area contributed by atoms with Gasteiger partial charge in [0, 0.05) is 37.5 Å². The van der Waals surface area contributed by atoms with Crippen LogP contribution in [0.5, 0.6) is 11.6 Å². The van der Waals surface area contributed by atoms with E-state index in [0.29, 0.717) is 48.6 Å². The van der Waals surface area contributed by atoms with E-state index in [4.69, 9.17) is 14.9 Å². The van der Waals surface area contributed by atoms with Gasteiger partial charge in [-0.05, 0) is 29.5 Å². The van der Waals surface area contributed by atoms with Crippen molar-refractivity contribution < 1.29 is 19.4 Å². The Labute approximate surface area is 175 Å². The van der Waals surface area contributed by atoms with Crippen molar-refractivity contribution in [3.05, 3.63) is 58.5 Å². The van der Waals surface area contributed by atoms with E-state index in [1.165, 1.54) is 0 Å². The van der Waals surface area contributed by atoms with Gasteiger partial charge in [-0.1, -0.05) is 26.0 Å². The fraction of sp³-hybridized carbons (Fsp3) is 0.435. The fourth-order valence-corrected chi connectivity index (χ4v) is 4.34. The van der Waals surface area contributed by atoms with Gasteiger partial charge in [-0.2, -0.15) is 0 Å². The van der Waals surface area contributed by atoms with Crippen molar-refractivity contribution in [2.45, 2.75) is 45.6 Å². The normalized spacial score (nSPS) is 19.7. The number of carbonyl (C=O) groups is 1. The average Bonchev–Trinajstić information content (AvgIpc) is 2.71. The number of allylic oxidation sites excluding steroid dienone is 2. The van der Waals surface area contributed by atoms with E-state index in [0.717, 1.165) is 11.3 Å². The van der Waals surface area contributed by atoms with Crippen molar-refractivity contribution in [1.29, 1.82) is 5.41 Å². The lowest BCUT2D eigenvalue weighted by molar-refractivity contribution is -0.118. The summed E-state index contributed by atoms with van der Waals surface area (Å²) in [5.74, 6) is 1.40. The van der Waals surface area contributed by atoms with E-state index in [9.17, 15) is 9.90 Å². The van der Waals surface area contributed by atoms with Crippen molar-refractivity contribution >= 4 is 5.78 Å². The standard InChI is InChI=1S/C23H27N3O4/c1-23(2)11-16(28)19-17(12-23)30-22-20(21(24)26(13-25-22)9-4-10-27)18(19)14-5-7-15(29-3)8-6-14/h5-8,13,18,24,27H,4,9-12H2,1-3H3. The van der Waals surface area contributed by atoms with Crippen LogP contribution in [0.4, 0.5) is 0 Å². The zero-order valence-electron chi connectivity index (χ0n) is 17.6. The topological polar surface area (TPSA) is 97.4 Å². The van der Waals surface area contributed by atoms with Crippen molar-refractivity contribution in [1.82, 2.24) is 9.55 Å². The van der Waals surface area contributed by atoms with Crippen molar-refractivity contribution in [3.63, 3.8) is 0 Å². The molecule has 4 rings (SSSR count). The van der Waals surface area contributed by atoms with Crippen molar-refractivity contribution in [2.75, 3.05) is 13.7 Å². The van der Waals surface area contributed by atoms with Crippen LogP contribution in [0.15, 0.2) is 41.9 Å². The molecule has 0 fully saturated rings. The second-order valence-electron chi connectivity index (χ2n) is 8.67. The second kappa shape index (κ2) is 7.72. The number of Topliss-reactive ketones (excluding diaryl/α,β-unsaturated/α-hetero) is 1. The Balaban J connectivity index is 1.91. The van der Waals surface area contributed by atoms with Crippen LogP contribution in [0, 0.1) is 10.8 Å². The molecule has 2 aromatic rings. The molecule has 7 heteroatoms. The number of aryl methyl sites for hydroxylation is 1. The van der Waals surface area contributed by atoms with Gasteiger partial charge in [-0.3, -0.25) is 10.2 Å². The largest absolute Gasteiger partial charge is 0.497 e. The van der Waals surface area contributed by atoms with Crippen LogP contribution >= 0.6 is 0 Å². The summed E-state index contributed by atoms with van der Waals surface area (Å²) in [6, 6.07) is 7.59. The Morgan fingerprint density at radius 2 is 2.03 bits per heavy atom. The van der Waals surface area contributed by atoms with Gasteiger partial charge in [-0.25, -0.2) is 4.98 Å². The molecule has 1 unspecified atom stereocenters. The minimum Gasteiger partial charge on any atom is -0.497 e. The summed E-state index contributed by atoms with van der Waals surface area (Å²) in [7, 11) is 1.61. The lowest BCUT2D eigenvalue weighted by Crippen LogP contribution is -2.37. The first-order valence-corrected chi connectivity index (χ1v) is 10.2. The number of ether oxygens (including phenoxy) is 2. The van der Waals surface area contributed by atoms with Gasteiger partial charge < -0.3 is 19.1 Å². The van der Waals surface area contributed by atoms with E-state index in [1.807, 2.05) is 24.3 Å². The summed E-state index contributed by atoms with van der Waals surface area (Å²) in [6.45, 7) is 4.63. The van der Waals surface area contributed by atoms with Crippen LogP contribution in [-0.2, 0) is 11.3 Å². The molecule has 0 saturated heterocycles. The second-order valence-corrected chi connectivity index (χ2v) is 8.67. The minimum atomic E-state index is -0.417. The number of aromatic nitrogens is 2. The summed E-state index contributed by atoms with van der Waals surface area (Å²) in [5.41, 5.74) is 2.18. The predicted molar refractivity (Wildman–Crippen MR) is 110 cm³/mol. The smallest absolute Gasteiger partial charge is 0.228 e. The molecule has 0 spiro atoms. The van der Waals surface area contributed by atoms with Gasteiger partial charge in [0.15, 0.2) is 5.78 Å². The van der Waals surface area contributed by atoms with E-state index in [2.05, 4.69) is 18.8 Å². The molecular formula is C23H27N3O4. The Bertz CT molecular complexity index is 1070. The Morgan fingerprint density at radius 1 is 1.30 bits per heavy atom. The van der Waals surface area contributed by atoms with Crippen LogP contribution in [0.1, 0.15) is 50.2 Å². The average molecular weight is 409 g/mol. The fourth-order valence-electron chi connectivity index (χ4n) is 4.34. The lowest BCUT2D eigenvalue weighted by atomic mass is 9.70. The van der Waals surface area contributed by atoms with Gasteiger partial charge in [-0.15, -0.1) is 0 Å². The van der Waals surface area contributed by atoms with E-state index in [-0.39, 0.29) is 23.3 Å². The predicted octanol–water partition coefficient (Wildman–Crippen LogP) is 2.92. The molecule has 1 atom stereocenters. The number of benzene rings is 1. The van der Waals surface area contributed by atoms with Crippen LogP contribution in [0.25, 0.3) is 0 Å². The zero-order valence-corrected chi connectivity index (χ0v) is 17.6. The summed E-state index contributed by atoms with van der Waals surface area (Å²) < 4.78 is 13.1. The highest BCUT2D eigenvalue weighted by Gasteiger charge is 2.43. The lowest BCUT2D eigenvalue weighted by Gasteiger charge is -2.38. The molecule has 0 radical (unpaired) electrons. The molecule has 1 aliphatic heterocycles. The van der Waals surface area contributed by atoms with Crippen LogP contribution < -0.4 is 15.0 Å². The Kier molecular flexibility index (Phi) is 5.24. The minimum absolute atomic E-state index is 0.0325. The van der Waals surface area contributed by atoms with Gasteiger partial charge in [0.25, 0.3) is 0 Å². The number of carbonyl (C=O) groups excluding carboxylic acids is 1. The molecule has 30 heavy (non-hydrogen) atoms. The van der Waals surface area contributed by atoms with E-state index >= 15 is 0 Å². The third kappa shape index (κ3) is 3.54. The molecular weight excluding hydrogens is 382 g/mol. The number of aliphatic hydroxyl groups is 1. The maximum absolute atomic E-state index is 13.2. The molecule has 2 heterocycles. The molecule has 0 saturated carbocycles. The van der Waals surface area contributed by atoms with Gasteiger partial charge in [0.1, 0.15) is 23.3 Å². The molecule has 2 aliphatic rings. The summed E-state index contributed by atoms with van der Waals surface area (Å²) in [6.07, 6.45) is 3.18. The number of rotatable bonds is 5. The monoisotopic (exact) mass is 409 g/mol. The first kappa shape index (κ1) is 20.3. The number of hydrogen-bond donors (Lipinski definition) is 2. The van der Waals surface area contributed by atoms with Crippen LogP contribution in [-0.4, -0.2) is 34.2 Å². The summed E-state index contributed by atoms with van der Waals surface area (Å²) in [5, 5.41) is 18.0. The number of nitrogens with zero attached hydrogens (tertiary/aromatic N) is 2. The van der Waals surface area contributed by atoms with E-state index in [1.54, 1.807) is 18.0 Å². The molecule has 2 N–H and O–H groups in total. The number of aliphatic hydroxyl groups excluding tert-OH is 1. The number of fused-ring (bicyclic) bond motifs is 1. The molecule has 1 aliphatic carbocycles. The molecule has 0 bridgehead atoms. The van der Waals surface area contributed by atoms with Crippen LogP contribution in [0.2, 0.25) is 0 Å². The first-order chi connectivity index (χ1) is 14.3. The molecule has 1 aromatic carbocycles. The van der Waals surface area contributed by atoms with Gasteiger partial charge in [0.05, 0.1) is 12.7 Å². The Hall–Kier alpha value is -2.93. The quantitative estimate of drug-likeness (QED) is 0.791. The van der Waals surface area contributed by atoms with Crippen molar-refractivity contribution in [3.8, 4) is 11.6 Å². The zero-order chi connectivity index (χ0) is 21.5. The number of nitrogens with one attached hydrogen (secondary N) is 1. The maximum Gasteiger partial charge on any atom is 0.228 e. The van der Waals surface area contributed by atoms with Gasteiger partial charge >= 0.3 is 0 Å². The third-order valence-electron chi connectivity index (χ3n) is 5.77. The molecule has 158 valence electrons. The number of methoxy groups -OCH3 is 1.